The maximum absolute atomic E-state index is 8.66. The average Bonchev–Trinajstić information content (AvgIpc) is 2.07. The van der Waals surface area contributed by atoms with E-state index in [1.54, 1.807) is 0 Å². The molecule has 0 aliphatic heterocycles. The van der Waals surface area contributed by atoms with Crippen molar-refractivity contribution in [3.63, 3.8) is 0 Å². The molecule has 1 aliphatic rings. The van der Waals surface area contributed by atoms with Crippen molar-refractivity contribution in [1.82, 2.24) is 0 Å². The summed E-state index contributed by atoms with van der Waals surface area (Å²) in [6.45, 7) is 2.25. The zero-order chi connectivity index (χ0) is 8.10. The Morgan fingerprint density at radius 2 is 1.91 bits per heavy atom. The number of nitrogens with zero attached hydrogens (tertiary/aromatic N) is 1. The molecule has 1 heteroatoms. The molecule has 1 fully saturated rings. The first-order valence-corrected chi connectivity index (χ1v) is 4.76. The standard InChI is InChI=1S/C10H17N/c1-2-3-9-4-6-10(8-11)7-5-9/h9-10H,2-7H2,1H3. The smallest absolute Gasteiger partial charge is 0.0655 e. The molecule has 0 aromatic rings. The monoisotopic (exact) mass is 151 g/mol. The van der Waals surface area contributed by atoms with Crippen LogP contribution in [0, 0.1) is 23.2 Å². The fourth-order valence-corrected chi connectivity index (χ4v) is 1.99. The third-order valence-electron chi connectivity index (χ3n) is 2.73. The Morgan fingerprint density at radius 1 is 1.27 bits per heavy atom. The first-order valence-electron chi connectivity index (χ1n) is 4.76. The quantitative estimate of drug-likeness (QED) is 0.595. The molecule has 0 spiro atoms. The summed E-state index contributed by atoms with van der Waals surface area (Å²) in [4.78, 5) is 0. The van der Waals surface area contributed by atoms with Gasteiger partial charge in [-0.25, -0.2) is 0 Å². The van der Waals surface area contributed by atoms with E-state index >= 15 is 0 Å². The summed E-state index contributed by atoms with van der Waals surface area (Å²) < 4.78 is 0. The van der Waals surface area contributed by atoms with E-state index in [9.17, 15) is 0 Å². The fourth-order valence-electron chi connectivity index (χ4n) is 1.99. The van der Waals surface area contributed by atoms with E-state index in [2.05, 4.69) is 13.0 Å². The largest absolute Gasteiger partial charge is 0.198 e. The van der Waals surface area contributed by atoms with Gasteiger partial charge >= 0.3 is 0 Å². The average molecular weight is 151 g/mol. The molecule has 11 heavy (non-hydrogen) atoms. The number of hydrogen-bond acceptors (Lipinski definition) is 1. The lowest BCUT2D eigenvalue weighted by atomic mass is 9.81. The van der Waals surface area contributed by atoms with Crippen molar-refractivity contribution < 1.29 is 0 Å². The van der Waals surface area contributed by atoms with E-state index in [-0.39, 0.29) is 0 Å². The van der Waals surface area contributed by atoms with E-state index < -0.39 is 0 Å². The predicted molar refractivity (Wildman–Crippen MR) is 46.0 cm³/mol. The van der Waals surface area contributed by atoms with Crippen molar-refractivity contribution in [2.24, 2.45) is 11.8 Å². The van der Waals surface area contributed by atoms with Crippen LogP contribution in [0.2, 0.25) is 0 Å². The van der Waals surface area contributed by atoms with E-state index in [1.165, 1.54) is 25.7 Å². The van der Waals surface area contributed by atoms with E-state index in [0.717, 1.165) is 18.8 Å². The Kier molecular flexibility index (Phi) is 3.42. The molecular weight excluding hydrogens is 134 g/mol. The van der Waals surface area contributed by atoms with Crippen LogP contribution in [0.4, 0.5) is 0 Å². The normalized spacial score (nSPS) is 31.3. The highest BCUT2D eigenvalue weighted by Crippen LogP contribution is 2.30. The molecular formula is C10H17N. The van der Waals surface area contributed by atoms with Crippen LogP contribution in [-0.4, -0.2) is 0 Å². The first-order chi connectivity index (χ1) is 5.36. The maximum Gasteiger partial charge on any atom is 0.0655 e. The highest BCUT2D eigenvalue weighted by molar-refractivity contribution is 4.86. The van der Waals surface area contributed by atoms with Crippen molar-refractivity contribution >= 4 is 0 Å². The second-order valence-electron chi connectivity index (χ2n) is 3.64. The van der Waals surface area contributed by atoms with Crippen molar-refractivity contribution in [1.29, 1.82) is 5.26 Å². The second kappa shape index (κ2) is 4.38. The SMILES string of the molecule is CCCC1CCC(C#N)CC1. The summed E-state index contributed by atoms with van der Waals surface area (Å²) in [6.07, 6.45) is 7.58. The molecule has 1 rings (SSSR count). The van der Waals surface area contributed by atoms with Crippen molar-refractivity contribution in [2.75, 3.05) is 0 Å². The van der Waals surface area contributed by atoms with Gasteiger partial charge in [0.25, 0.3) is 0 Å². The van der Waals surface area contributed by atoms with Crippen molar-refractivity contribution in [3.8, 4) is 6.07 Å². The van der Waals surface area contributed by atoms with Gasteiger partial charge in [0.1, 0.15) is 0 Å². The number of hydrogen-bond donors (Lipinski definition) is 0. The molecule has 0 saturated heterocycles. The van der Waals surface area contributed by atoms with Gasteiger partial charge in [0.15, 0.2) is 0 Å². The van der Waals surface area contributed by atoms with Gasteiger partial charge in [0, 0.05) is 5.92 Å². The van der Waals surface area contributed by atoms with E-state index in [1.807, 2.05) is 0 Å². The van der Waals surface area contributed by atoms with Gasteiger partial charge in [0.05, 0.1) is 6.07 Å². The van der Waals surface area contributed by atoms with Gasteiger partial charge in [-0.1, -0.05) is 19.8 Å². The van der Waals surface area contributed by atoms with Crippen molar-refractivity contribution in [2.45, 2.75) is 45.4 Å². The Hall–Kier alpha value is -0.510. The molecule has 0 aromatic carbocycles. The van der Waals surface area contributed by atoms with Gasteiger partial charge in [-0.05, 0) is 31.6 Å². The first kappa shape index (κ1) is 8.59. The van der Waals surface area contributed by atoms with Gasteiger partial charge < -0.3 is 0 Å². The lowest BCUT2D eigenvalue weighted by Crippen LogP contribution is -2.12. The predicted octanol–water partition coefficient (Wildman–Crippen LogP) is 3.12. The van der Waals surface area contributed by atoms with Crippen LogP contribution in [-0.2, 0) is 0 Å². The Balaban J connectivity index is 2.20. The zero-order valence-electron chi connectivity index (χ0n) is 7.34. The van der Waals surface area contributed by atoms with Crippen LogP contribution >= 0.6 is 0 Å². The Labute approximate surface area is 69.4 Å². The molecule has 62 valence electrons. The van der Waals surface area contributed by atoms with Crippen LogP contribution in [0.15, 0.2) is 0 Å². The summed E-state index contributed by atoms with van der Waals surface area (Å²) in [5.41, 5.74) is 0. The maximum atomic E-state index is 8.66. The summed E-state index contributed by atoms with van der Waals surface area (Å²) in [5.74, 6) is 1.31. The van der Waals surface area contributed by atoms with Crippen LogP contribution in [0.1, 0.15) is 45.4 Å². The lowest BCUT2D eigenvalue weighted by Gasteiger charge is -2.23. The Bertz CT molecular complexity index is 137. The molecule has 0 radical (unpaired) electrons. The summed E-state index contributed by atoms with van der Waals surface area (Å²) in [7, 11) is 0. The number of rotatable bonds is 2. The van der Waals surface area contributed by atoms with Gasteiger partial charge in [-0.2, -0.15) is 5.26 Å². The van der Waals surface area contributed by atoms with Crippen molar-refractivity contribution in [3.05, 3.63) is 0 Å². The highest BCUT2D eigenvalue weighted by atomic mass is 14.3. The minimum Gasteiger partial charge on any atom is -0.198 e. The van der Waals surface area contributed by atoms with Crippen LogP contribution in [0.5, 0.6) is 0 Å². The van der Waals surface area contributed by atoms with Crippen LogP contribution in [0.25, 0.3) is 0 Å². The molecule has 0 N–H and O–H groups in total. The van der Waals surface area contributed by atoms with Crippen LogP contribution in [0.3, 0.4) is 0 Å². The fraction of sp³-hybridized carbons (Fsp3) is 0.900. The summed E-state index contributed by atoms with van der Waals surface area (Å²) >= 11 is 0. The summed E-state index contributed by atoms with van der Waals surface area (Å²) in [6, 6.07) is 2.37. The topological polar surface area (TPSA) is 23.8 Å². The minimum absolute atomic E-state index is 0.378. The molecule has 0 unspecified atom stereocenters. The van der Waals surface area contributed by atoms with Gasteiger partial charge in [-0.15, -0.1) is 0 Å². The van der Waals surface area contributed by atoms with E-state index in [4.69, 9.17) is 5.26 Å². The zero-order valence-corrected chi connectivity index (χ0v) is 7.34. The molecule has 1 saturated carbocycles. The number of nitriles is 1. The lowest BCUT2D eigenvalue weighted by molar-refractivity contribution is 0.298. The van der Waals surface area contributed by atoms with Crippen LogP contribution < -0.4 is 0 Å². The molecule has 0 aromatic heterocycles. The third-order valence-corrected chi connectivity index (χ3v) is 2.73. The van der Waals surface area contributed by atoms with E-state index in [0.29, 0.717) is 5.92 Å². The molecule has 0 bridgehead atoms. The molecule has 0 atom stereocenters. The summed E-state index contributed by atoms with van der Waals surface area (Å²) in [5, 5.41) is 8.66. The third kappa shape index (κ3) is 2.54. The molecule has 1 nitrogen and oxygen atoms in total. The molecule has 1 aliphatic carbocycles. The van der Waals surface area contributed by atoms with Gasteiger partial charge in [0.2, 0.25) is 0 Å². The minimum atomic E-state index is 0.378. The molecule has 0 heterocycles. The Morgan fingerprint density at radius 3 is 2.36 bits per heavy atom. The second-order valence-corrected chi connectivity index (χ2v) is 3.64. The van der Waals surface area contributed by atoms with Gasteiger partial charge in [-0.3, -0.25) is 0 Å². The highest BCUT2D eigenvalue weighted by Gasteiger charge is 2.19. The molecule has 0 amide bonds.